The molecule has 1 saturated carbocycles. The van der Waals surface area contributed by atoms with Crippen molar-refractivity contribution < 1.29 is 4.74 Å². The number of hydrogen-bond acceptors (Lipinski definition) is 2. The summed E-state index contributed by atoms with van der Waals surface area (Å²) in [6.07, 6.45) is 2.63. The molecule has 2 aliphatic rings. The molecule has 0 spiro atoms. The zero-order chi connectivity index (χ0) is 6.32. The van der Waals surface area contributed by atoms with Gasteiger partial charge in [0, 0.05) is 26.1 Å². The Balaban J connectivity index is 2.10. The summed E-state index contributed by atoms with van der Waals surface area (Å²) in [6, 6.07) is 0. The molecule has 1 aliphatic heterocycles. The summed E-state index contributed by atoms with van der Waals surface area (Å²) in [5.74, 6) is 0.822. The van der Waals surface area contributed by atoms with E-state index < -0.39 is 0 Å². The lowest BCUT2D eigenvalue weighted by molar-refractivity contribution is -0.0913. The molecule has 1 heterocycles. The van der Waals surface area contributed by atoms with Gasteiger partial charge in [0.2, 0.25) is 0 Å². The van der Waals surface area contributed by atoms with Gasteiger partial charge in [-0.15, -0.1) is 0 Å². The topological polar surface area (TPSA) is 21.3 Å². The Morgan fingerprint density at radius 3 is 2.89 bits per heavy atom. The zero-order valence-corrected chi connectivity index (χ0v) is 5.81. The van der Waals surface area contributed by atoms with Crippen LogP contribution in [0.1, 0.15) is 12.8 Å². The molecule has 0 radical (unpaired) electrons. The highest BCUT2D eigenvalue weighted by molar-refractivity contribution is 5.04. The monoisotopic (exact) mass is 127 g/mol. The van der Waals surface area contributed by atoms with Crippen LogP contribution < -0.4 is 5.32 Å². The van der Waals surface area contributed by atoms with Crippen LogP contribution in [0.25, 0.3) is 0 Å². The summed E-state index contributed by atoms with van der Waals surface area (Å²) < 4.78 is 5.44. The van der Waals surface area contributed by atoms with E-state index in [1.807, 2.05) is 7.11 Å². The third-order valence-electron chi connectivity index (χ3n) is 2.88. The van der Waals surface area contributed by atoms with Gasteiger partial charge in [0.1, 0.15) is 0 Å². The third-order valence-corrected chi connectivity index (χ3v) is 2.88. The molecule has 0 bridgehead atoms. The van der Waals surface area contributed by atoms with E-state index in [2.05, 4.69) is 5.32 Å². The van der Waals surface area contributed by atoms with Crippen molar-refractivity contribution in [3.05, 3.63) is 0 Å². The van der Waals surface area contributed by atoms with Crippen molar-refractivity contribution in [2.75, 3.05) is 20.2 Å². The lowest BCUT2D eigenvalue weighted by Gasteiger charge is -2.42. The summed E-state index contributed by atoms with van der Waals surface area (Å²) >= 11 is 0. The molecule has 2 heteroatoms. The normalized spacial score (nSPS) is 48.3. The van der Waals surface area contributed by atoms with E-state index in [0.717, 1.165) is 12.5 Å². The summed E-state index contributed by atoms with van der Waals surface area (Å²) in [5, 5.41) is 3.35. The predicted molar refractivity (Wildman–Crippen MR) is 35.3 cm³/mol. The van der Waals surface area contributed by atoms with E-state index in [9.17, 15) is 0 Å². The highest BCUT2D eigenvalue weighted by Crippen LogP contribution is 2.43. The molecule has 1 N–H and O–H groups in total. The second-order valence-corrected chi connectivity index (χ2v) is 3.14. The van der Waals surface area contributed by atoms with Crippen molar-refractivity contribution in [1.82, 2.24) is 5.32 Å². The minimum absolute atomic E-state index is 0.264. The molecule has 2 nitrogen and oxygen atoms in total. The molecule has 0 aromatic carbocycles. The van der Waals surface area contributed by atoms with Gasteiger partial charge >= 0.3 is 0 Å². The molecule has 0 amide bonds. The van der Waals surface area contributed by atoms with Crippen LogP contribution in [-0.4, -0.2) is 25.8 Å². The van der Waals surface area contributed by atoms with Crippen LogP contribution in [0.4, 0.5) is 0 Å². The van der Waals surface area contributed by atoms with E-state index in [4.69, 9.17) is 4.74 Å². The first kappa shape index (κ1) is 5.69. The van der Waals surface area contributed by atoms with E-state index >= 15 is 0 Å². The number of fused-ring (bicyclic) bond motifs is 1. The molecule has 0 aromatic heterocycles. The molecule has 9 heavy (non-hydrogen) atoms. The molecule has 2 fully saturated rings. The molecule has 0 aromatic rings. The standard InChI is InChI=1S/C7H13NO/c1-9-7-3-2-6(7)4-8-5-7/h6,8H,2-5H2,1H3/t6-,7-/m1/s1. The van der Waals surface area contributed by atoms with Crippen LogP contribution >= 0.6 is 0 Å². The maximum atomic E-state index is 5.44. The van der Waals surface area contributed by atoms with Gasteiger partial charge in [-0.25, -0.2) is 0 Å². The minimum Gasteiger partial charge on any atom is -0.377 e. The second-order valence-electron chi connectivity index (χ2n) is 3.14. The first-order chi connectivity index (χ1) is 4.37. The number of rotatable bonds is 1. The second kappa shape index (κ2) is 1.70. The van der Waals surface area contributed by atoms with Crippen LogP contribution in [0.2, 0.25) is 0 Å². The van der Waals surface area contributed by atoms with Crippen molar-refractivity contribution in [3.8, 4) is 0 Å². The Kier molecular flexibility index (Phi) is 1.08. The molecule has 52 valence electrons. The van der Waals surface area contributed by atoms with Gasteiger partial charge in [-0.2, -0.15) is 0 Å². The average molecular weight is 127 g/mol. The van der Waals surface area contributed by atoms with Crippen LogP contribution in [0.5, 0.6) is 0 Å². The zero-order valence-electron chi connectivity index (χ0n) is 5.81. The fourth-order valence-corrected chi connectivity index (χ4v) is 1.99. The Morgan fingerprint density at radius 1 is 1.67 bits per heavy atom. The minimum atomic E-state index is 0.264. The summed E-state index contributed by atoms with van der Waals surface area (Å²) in [7, 11) is 1.83. The SMILES string of the molecule is CO[C@@]12CC[C@@H]1CNC2. The van der Waals surface area contributed by atoms with Gasteiger partial charge in [-0.05, 0) is 12.8 Å². The molecule has 1 saturated heterocycles. The lowest BCUT2D eigenvalue weighted by atomic mass is 9.72. The van der Waals surface area contributed by atoms with Crippen molar-refractivity contribution >= 4 is 0 Å². The first-order valence-electron chi connectivity index (χ1n) is 3.63. The van der Waals surface area contributed by atoms with Gasteiger partial charge in [0.05, 0.1) is 5.60 Å². The molecular formula is C7H13NO. The number of hydrogen-bond donors (Lipinski definition) is 1. The average Bonchev–Trinajstić information content (AvgIpc) is 2.10. The molecule has 2 rings (SSSR count). The predicted octanol–water partition coefficient (Wildman–Crippen LogP) is 0.385. The van der Waals surface area contributed by atoms with Gasteiger partial charge in [0.25, 0.3) is 0 Å². The summed E-state index contributed by atoms with van der Waals surface area (Å²) in [6.45, 7) is 2.25. The Morgan fingerprint density at radius 2 is 2.56 bits per heavy atom. The summed E-state index contributed by atoms with van der Waals surface area (Å²) in [4.78, 5) is 0. The molecule has 2 atom stereocenters. The maximum absolute atomic E-state index is 5.44. The Labute approximate surface area is 55.6 Å². The van der Waals surface area contributed by atoms with Crippen molar-refractivity contribution in [3.63, 3.8) is 0 Å². The van der Waals surface area contributed by atoms with Crippen molar-refractivity contribution in [2.24, 2.45) is 5.92 Å². The van der Waals surface area contributed by atoms with Gasteiger partial charge < -0.3 is 10.1 Å². The fraction of sp³-hybridized carbons (Fsp3) is 1.00. The van der Waals surface area contributed by atoms with Crippen LogP contribution in [0, 0.1) is 5.92 Å². The highest BCUT2D eigenvalue weighted by atomic mass is 16.5. The highest BCUT2D eigenvalue weighted by Gasteiger charge is 2.50. The van der Waals surface area contributed by atoms with E-state index in [1.54, 1.807) is 0 Å². The smallest absolute Gasteiger partial charge is 0.0842 e. The van der Waals surface area contributed by atoms with E-state index in [1.165, 1.54) is 19.4 Å². The lowest BCUT2D eigenvalue weighted by Crippen LogP contribution is -2.48. The molecule has 0 unspecified atom stereocenters. The van der Waals surface area contributed by atoms with Gasteiger partial charge in [-0.3, -0.25) is 0 Å². The Hall–Kier alpha value is -0.0800. The Bertz CT molecular complexity index is 122. The molecular weight excluding hydrogens is 114 g/mol. The van der Waals surface area contributed by atoms with Gasteiger partial charge in [-0.1, -0.05) is 0 Å². The van der Waals surface area contributed by atoms with E-state index in [-0.39, 0.29) is 5.60 Å². The fourth-order valence-electron chi connectivity index (χ4n) is 1.99. The largest absolute Gasteiger partial charge is 0.377 e. The third kappa shape index (κ3) is 0.578. The van der Waals surface area contributed by atoms with Crippen molar-refractivity contribution in [1.29, 1.82) is 0 Å². The number of ether oxygens (including phenoxy) is 1. The molecule has 1 aliphatic carbocycles. The van der Waals surface area contributed by atoms with E-state index in [0.29, 0.717) is 0 Å². The maximum Gasteiger partial charge on any atom is 0.0842 e. The summed E-state index contributed by atoms with van der Waals surface area (Å²) in [5.41, 5.74) is 0.264. The first-order valence-corrected chi connectivity index (χ1v) is 3.63. The number of methoxy groups -OCH3 is 1. The quantitative estimate of drug-likeness (QED) is 0.550. The van der Waals surface area contributed by atoms with Crippen LogP contribution in [-0.2, 0) is 4.74 Å². The number of nitrogens with one attached hydrogen (secondary N) is 1. The van der Waals surface area contributed by atoms with Crippen LogP contribution in [0.3, 0.4) is 0 Å². The van der Waals surface area contributed by atoms with Crippen molar-refractivity contribution in [2.45, 2.75) is 18.4 Å². The van der Waals surface area contributed by atoms with Gasteiger partial charge in [0.15, 0.2) is 0 Å². The van der Waals surface area contributed by atoms with Crippen LogP contribution in [0.15, 0.2) is 0 Å².